The van der Waals surface area contributed by atoms with Gasteiger partial charge in [-0.2, -0.15) is 4.98 Å². The molecule has 1 aliphatic rings. The maximum Gasteiger partial charge on any atom is 0.227 e. The van der Waals surface area contributed by atoms with Gasteiger partial charge >= 0.3 is 0 Å². The normalized spacial score (nSPS) is 15.8. The Hall–Kier alpha value is -2.63. The van der Waals surface area contributed by atoms with E-state index in [1.54, 1.807) is 4.90 Å². The molecule has 1 aromatic carbocycles. The van der Waals surface area contributed by atoms with Crippen molar-refractivity contribution in [2.75, 3.05) is 36.4 Å². The average molecular weight is 339 g/mol. The second-order valence-electron chi connectivity index (χ2n) is 6.39. The van der Waals surface area contributed by atoms with Crippen LogP contribution in [0.1, 0.15) is 20.3 Å². The molecule has 2 heterocycles. The number of carbonyl (C=O) groups is 1. The molecule has 132 valence electrons. The Morgan fingerprint density at radius 3 is 2.52 bits per heavy atom. The molecule has 0 spiro atoms. The predicted molar refractivity (Wildman–Crippen MR) is 101 cm³/mol. The number of rotatable bonds is 6. The molecule has 0 bridgehead atoms. The summed E-state index contributed by atoms with van der Waals surface area (Å²) in [5.41, 5.74) is 1.99. The van der Waals surface area contributed by atoms with Crippen molar-refractivity contribution in [3.05, 3.63) is 36.4 Å². The quantitative estimate of drug-likeness (QED) is 0.820. The molecule has 25 heavy (non-hydrogen) atoms. The van der Waals surface area contributed by atoms with E-state index in [0.29, 0.717) is 19.1 Å². The van der Waals surface area contributed by atoms with Gasteiger partial charge < -0.3 is 15.1 Å². The zero-order chi connectivity index (χ0) is 17.6. The number of amides is 1. The minimum atomic E-state index is 0.346. The number of carbonyl (C=O) groups excluding carboxylic acids is 1. The van der Waals surface area contributed by atoms with E-state index < -0.39 is 0 Å². The zero-order valence-electron chi connectivity index (χ0n) is 14.9. The topological polar surface area (TPSA) is 61.4 Å². The van der Waals surface area contributed by atoms with Gasteiger partial charge in [0.2, 0.25) is 12.4 Å². The first kappa shape index (κ1) is 17.2. The summed E-state index contributed by atoms with van der Waals surface area (Å²) in [5.74, 6) is 1.56. The second-order valence-corrected chi connectivity index (χ2v) is 6.39. The van der Waals surface area contributed by atoms with Gasteiger partial charge in [-0.05, 0) is 13.3 Å². The summed E-state index contributed by atoms with van der Waals surface area (Å²) in [7, 11) is 0. The molecular weight excluding hydrogens is 314 g/mol. The number of anilines is 2. The predicted octanol–water partition coefficient (Wildman–Crippen LogP) is 2.63. The molecule has 1 atom stereocenters. The molecule has 1 aromatic heterocycles. The van der Waals surface area contributed by atoms with Crippen molar-refractivity contribution in [3.8, 4) is 11.3 Å². The van der Waals surface area contributed by atoms with Crippen molar-refractivity contribution in [1.82, 2.24) is 14.9 Å². The van der Waals surface area contributed by atoms with Crippen molar-refractivity contribution in [1.29, 1.82) is 0 Å². The van der Waals surface area contributed by atoms with E-state index in [0.717, 1.165) is 48.9 Å². The van der Waals surface area contributed by atoms with Crippen molar-refractivity contribution in [2.45, 2.75) is 26.3 Å². The van der Waals surface area contributed by atoms with Gasteiger partial charge in [-0.25, -0.2) is 4.98 Å². The fourth-order valence-corrected chi connectivity index (χ4v) is 2.79. The molecule has 1 N–H and O–H groups in total. The minimum Gasteiger partial charge on any atom is -0.367 e. The zero-order valence-corrected chi connectivity index (χ0v) is 14.9. The highest BCUT2D eigenvalue weighted by Gasteiger charge is 2.19. The van der Waals surface area contributed by atoms with Crippen LogP contribution in [0, 0.1) is 0 Å². The lowest BCUT2D eigenvalue weighted by molar-refractivity contribution is -0.118. The highest BCUT2D eigenvalue weighted by molar-refractivity contribution is 5.64. The Labute approximate surface area is 148 Å². The fraction of sp³-hybridized carbons (Fsp3) is 0.421. The Balaban J connectivity index is 1.91. The molecule has 1 amide bonds. The van der Waals surface area contributed by atoms with E-state index in [-0.39, 0.29) is 0 Å². The number of hydrogen-bond acceptors (Lipinski definition) is 5. The number of piperazine rings is 1. The van der Waals surface area contributed by atoms with E-state index in [2.05, 4.69) is 36.2 Å². The minimum absolute atomic E-state index is 0.346. The van der Waals surface area contributed by atoms with Crippen LogP contribution in [0.3, 0.4) is 0 Å². The molecule has 1 saturated heterocycles. The summed E-state index contributed by atoms with van der Waals surface area (Å²) in [4.78, 5) is 24.3. The molecule has 1 unspecified atom stereocenters. The van der Waals surface area contributed by atoms with Gasteiger partial charge in [0.1, 0.15) is 5.82 Å². The van der Waals surface area contributed by atoms with E-state index in [1.165, 1.54) is 0 Å². The number of hydrogen-bond donors (Lipinski definition) is 1. The van der Waals surface area contributed by atoms with Crippen LogP contribution in [0.4, 0.5) is 11.8 Å². The summed E-state index contributed by atoms with van der Waals surface area (Å²) >= 11 is 0. The van der Waals surface area contributed by atoms with Crippen LogP contribution in [-0.2, 0) is 4.79 Å². The van der Waals surface area contributed by atoms with Crippen LogP contribution < -0.4 is 10.2 Å². The summed E-state index contributed by atoms with van der Waals surface area (Å²) in [6.07, 6.45) is 1.94. The van der Waals surface area contributed by atoms with Gasteiger partial charge in [0.25, 0.3) is 0 Å². The van der Waals surface area contributed by atoms with E-state index in [1.807, 2.05) is 24.3 Å². The molecule has 3 rings (SSSR count). The largest absolute Gasteiger partial charge is 0.367 e. The molecule has 6 nitrogen and oxygen atoms in total. The first-order valence-electron chi connectivity index (χ1n) is 8.85. The third-order valence-corrected chi connectivity index (χ3v) is 4.54. The lowest BCUT2D eigenvalue weighted by Gasteiger charge is -2.33. The van der Waals surface area contributed by atoms with Gasteiger partial charge in [-0.1, -0.05) is 37.3 Å². The highest BCUT2D eigenvalue weighted by atomic mass is 16.1. The first-order chi connectivity index (χ1) is 12.2. The van der Waals surface area contributed by atoms with Crippen molar-refractivity contribution in [2.24, 2.45) is 0 Å². The lowest BCUT2D eigenvalue weighted by atomic mass is 10.1. The molecule has 1 fully saturated rings. The molecule has 1 aliphatic heterocycles. The molecule has 2 aromatic rings. The number of benzene rings is 1. The van der Waals surface area contributed by atoms with Crippen LogP contribution in [0.25, 0.3) is 11.3 Å². The van der Waals surface area contributed by atoms with Crippen LogP contribution in [0.2, 0.25) is 0 Å². The van der Waals surface area contributed by atoms with Gasteiger partial charge in [0, 0.05) is 43.9 Å². The molecule has 6 heteroatoms. The Kier molecular flexibility index (Phi) is 5.48. The molecular formula is C19H25N5O. The van der Waals surface area contributed by atoms with Gasteiger partial charge in [0.15, 0.2) is 0 Å². The van der Waals surface area contributed by atoms with E-state index in [4.69, 9.17) is 9.97 Å². The second kappa shape index (κ2) is 7.96. The molecule has 0 aliphatic carbocycles. The Bertz CT molecular complexity index is 698. The van der Waals surface area contributed by atoms with Gasteiger partial charge in [0.05, 0.1) is 5.69 Å². The van der Waals surface area contributed by atoms with Crippen LogP contribution in [0.5, 0.6) is 0 Å². The summed E-state index contributed by atoms with van der Waals surface area (Å²) in [5, 5.41) is 3.46. The Morgan fingerprint density at radius 2 is 1.88 bits per heavy atom. The van der Waals surface area contributed by atoms with E-state index >= 15 is 0 Å². The lowest BCUT2D eigenvalue weighted by Crippen LogP contribution is -2.46. The maximum atomic E-state index is 10.9. The summed E-state index contributed by atoms with van der Waals surface area (Å²) in [6.45, 7) is 7.20. The van der Waals surface area contributed by atoms with Crippen LogP contribution in [-0.4, -0.2) is 53.5 Å². The fourth-order valence-electron chi connectivity index (χ4n) is 2.79. The van der Waals surface area contributed by atoms with Crippen molar-refractivity contribution >= 4 is 18.2 Å². The summed E-state index contributed by atoms with van der Waals surface area (Å²) in [6, 6.07) is 12.5. The first-order valence-corrected chi connectivity index (χ1v) is 8.85. The van der Waals surface area contributed by atoms with Crippen molar-refractivity contribution < 1.29 is 4.79 Å². The van der Waals surface area contributed by atoms with E-state index in [9.17, 15) is 4.79 Å². The molecule has 0 saturated carbocycles. The number of nitrogens with one attached hydrogen (secondary N) is 1. The van der Waals surface area contributed by atoms with Crippen molar-refractivity contribution in [3.63, 3.8) is 0 Å². The van der Waals surface area contributed by atoms with Gasteiger partial charge in [-0.15, -0.1) is 0 Å². The smallest absolute Gasteiger partial charge is 0.227 e. The standard InChI is InChI=1S/C19H25N5O/c1-3-15(2)20-18-13-17(16-7-5-4-6-8-16)21-19(22-18)24-11-9-23(14-25)10-12-24/h4-8,13-15H,3,9-12H2,1-2H3,(H,20,21,22). The average Bonchev–Trinajstić information content (AvgIpc) is 2.68. The number of nitrogens with zero attached hydrogens (tertiary/aromatic N) is 4. The monoisotopic (exact) mass is 339 g/mol. The maximum absolute atomic E-state index is 10.9. The SMILES string of the molecule is CCC(C)Nc1cc(-c2ccccc2)nc(N2CCN(C=O)CC2)n1. The summed E-state index contributed by atoms with van der Waals surface area (Å²) < 4.78 is 0. The molecule has 0 radical (unpaired) electrons. The number of aromatic nitrogens is 2. The third kappa shape index (κ3) is 4.26. The Morgan fingerprint density at radius 1 is 1.16 bits per heavy atom. The van der Waals surface area contributed by atoms with Gasteiger partial charge in [-0.3, -0.25) is 4.79 Å². The highest BCUT2D eigenvalue weighted by Crippen LogP contribution is 2.24. The van der Waals surface area contributed by atoms with Crippen LogP contribution >= 0.6 is 0 Å². The van der Waals surface area contributed by atoms with Crippen LogP contribution in [0.15, 0.2) is 36.4 Å². The third-order valence-electron chi connectivity index (χ3n) is 4.54.